The number of morpholine rings is 1. The largest absolute Gasteiger partial charge is 0.481 e. The summed E-state index contributed by atoms with van der Waals surface area (Å²) in [4.78, 5) is 24.7. The van der Waals surface area contributed by atoms with Gasteiger partial charge in [-0.05, 0) is 86.3 Å². The van der Waals surface area contributed by atoms with E-state index in [4.69, 9.17) is 19.0 Å². The van der Waals surface area contributed by atoms with Crippen LogP contribution in [0.2, 0.25) is 0 Å². The molecule has 0 atom stereocenters. The fourth-order valence-corrected chi connectivity index (χ4v) is 9.20. The number of thiazole rings is 1. The molecule has 0 spiro atoms. The maximum absolute atomic E-state index is 15.3. The molecule has 0 saturated carbocycles. The van der Waals surface area contributed by atoms with Crippen molar-refractivity contribution >= 4 is 50.1 Å². The van der Waals surface area contributed by atoms with Crippen LogP contribution in [0.15, 0.2) is 88.2 Å². The summed E-state index contributed by atoms with van der Waals surface area (Å²) in [5.41, 5.74) is 13.2. The lowest BCUT2D eigenvalue weighted by molar-refractivity contribution is -0.123. The van der Waals surface area contributed by atoms with Crippen molar-refractivity contribution < 1.29 is 23.2 Å². The molecule has 1 fully saturated rings. The normalized spacial score (nSPS) is 13.5. The van der Waals surface area contributed by atoms with E-state index in [2.05, 4.69) is 102 Å². The van der Waals surface area contributed by atoms with E-state index in [-0.39, 0.29) is 18.3 Å². The van der Waals surface area contributed by atoms with Gasteiger partial charge in [-0.3, -0.25) is 9.69 Å². The standard InChI is InChI=1S/C48H51FN8O4S/c1-4-56-42-11-5-34(23-38(42)37-10-8-35(26-44(37)56)41-29-62-30-52-41)27-50-15-16-51-47(58)28-60-45-13-6-33(24-39(45)49)7-14-46-53-40-25-36(48-31(2)54-61-32(48)3)9-12-43(40)57(46)18-17-55-19-21-59-22-20-55/h5-6,8-13,23-26,29-30,50H,4,7,14-22,27-28H2,1-3H3,(H,51,58). The number of carbonyl (C=O) groups is 1. The van der Waals surface area contributed by atoms with Gasteiger partial charge in [0.25, 0.3) is 5.91 Å². The Morgan fingerprint density at radius 2 is 1.71 bits per heavy atom. The summed E-state index contributed by atoms with van der Waals surface area (Å²) in [7, 11) is 0. The lowest BCUT2D eigenvalue weighted by atomic mass is 10.0. The molecule has 1 aliphatic rings. The van der Waals surface area contributed by atoms with Gasteiger partial charge in [-0.1, -0.05) is 35.5 Å². The topological polar surface area (TPSA) is 125 Å². The zero-order chi connectivity index (χ0) is 42.6. The minimum atomic E-state index is -0.499. The summed E-state index contributed by atoms with van der Waals surface area (Å²) in [5.74, 6) is 0.956. The van der Waals surface area contributed by atoms with E-state index in [1.165, 1.54) is 27.9 Å². The third-order valence-electron chi connectivity index (χ3n) is 11.8. The molecule has 5 heterocycles. The van der Waals surface area contributed by atoms with Crippen LogP contribution in [-0.4, -0.2) is 87.6 Å². The van der Waals surface area contributed by atoms with Crippen molar-refractivity contribution in [1.29, 1.82) is 0 Å². The van der Waals surface area contributed by atoms with Crippen molar-refractivity contribution in [3.05, 3.63) is 118 Å². The number of rotatable bonds is 17. The van der Waals surface area contributed by atoms with Crippen LogP contribution in [-0.2, 0) is 42.0 Å². The first kappa shape index (κ1) is 41.4. The van der Waals surface area contributed by atoms with Crippen LogP contribution in [0, 0.1) is 19.7 Å². The lowest BCUT2D eigenvalue weighted by Crippen LogP contribution is -2.38. The maximum atomic E-state index is 15.3. The second-order valence-corrected chi connectivity index (χ2v) is 16.5. The number of nitrogens with one attached hydrogen (secondary N) is 2. The number of carbonyl (C=O) groups excluding carboxylic acids is 1. The molecule has 12 nitrogen and oxygen atoms in total. The Morgan fingerprint density at radius 3 is 2.50 bits per heavy atom. The van der Waals surface area contributed by atoms with Crippen LogP contribution in [0.25, 0.3) is 55.2 Å². The Morgan fingerprint density at radius 1 is 0.871 bits per heavy atom. The monoisotopic (exact) mass is 854 g/mol. The van der Waals surface area contributed by atoms with Gasteiger partial charge in [-0.15, -0.1) is 11.3 Å². The smallest absolute Gasteiger partial charge is 0.257 e. The maximum Gasteiger partial charge on any atom is 0.257 e. The predicted molar refractivity (Wildman–Crippen MR) is 242 cm³/mol. The molecular weight excluding hydrogens is 804 g/mol. The highest BCUT2D eigenvalue weighted by molar-refractivity contribution is 7.07. The number of ether oxygens (including phenoxy) is 2. The number of amides is 1. The molecule has 1 saturated heterocycles. The Balaban J connectivity index is 0.769. The molecule has 9 rings (SSSR count). The van der Waals surface area contributed by atoms with E-state index in [0.29, 0.717) is 32.5 Å². The van der Waals surface area contributed by atoms with E-state index in [9.17, 15) is 4.79 Å². The van der Waals surface area contributed by atoms with Crippen molar-refractivity contribution in [2.75, 3.05) is 52.5 Å². The number of aromatic nitrogens is 5. The molecule has 2 N–H and O–H groups in total. The molecule has 320 valence electrons. The second kappa shape index (κ2) is 18.6. The van der Waals surface area contributed by atoms with Gasteiger partial charge in [-0.2, -0.15) is 0 Å². The average molecular weight is 855 g/mol. The Labute approximate surface area is 363 Å². The fourth-order valence-electron chi connectivity index (χ4n) is 8.64. The van der Waals surface area contributed by atoms with Gasteiger partial charge in [0.2, 0.25) is 0 Å². The molecule has 0 radical (unpaired) electrons. The molecule has 14 heteroatoms. The van der Waals surface area contributed by atoms with Gasteiger partial charge in [0.1, 0.15) is 11.6 Å². The number of nitrogens with zero attached hydrogens (tertiary/aromatic N) is 6. The molecule has 0 bridgehead atoms. The molecular formula is C48H51FN8O4S. The zero-order valence-electron chi connectivity index (χ0n) is 35.4. The van der Waals surface area contributed by atoms with Crippen molar-refractivity contribution in [1.82, 2.24) is 39.8 Å². The SMILES string of the molecule is CCn1c2ccc(CNCCNC(=O)COc3ccc(CCc4nc5cc(-c6c(C)noc6C)ccc5n4CCN4CCOCC4)cc3F)cc2c2ccc(-c3cscn3)cc21. The second-order valence-electron chi connectivity index (χ2n) is 15.8. The highest BCUT2D eigenvalue weighted by Gasteiger charge is 2.19. The van der Waals surface area contributed by atoms with E-state index in [0.717, 1.165) is 108 Å². The van der Waals surface area contributed by atoms with Crippen LogP contribution >= 0.6 is 11.3 Å². The van der Waals surface area contributed by atoms with Crippen molar-refractivity contribution in [2.45, 2.75) is 53.2 Å². The van der Waals surface area contributed by atoms with Crippen molar-refractivity contribution in [3.8, 4) is 28.1 Å². The first-order valence-electron chi connectivity index (χ1n) is 21.4. The summed E-state index contributed by atoms with van der Waals surface area (Å²) >= 11 is 1.60. The minimum Gasteiger partial charge on any atom is -0.481 e. The van der Waals surface area contributed by atoms with Crippen molar-refractivity contribution in [2.24, 2.45) is 0 Å². The fraction of sp³-hybridized carbons (Fsp3) is 0.333. The highest BCUT2D eigenvalue weighted by Crippen LogP contribution is 2.34. The van der Waals surface area contributed by atoms with Gasteiger partial charge < -0.3 is 33.8 Å². The minimum absolute atomic E-state index is 0.0470. The number of benzene rings is 4. The van der Waals surface area contributed by atoms with Gasteiger partial charge in [0, 0.05) is 97.1 Å². The van der Waals surface area contributed by atoms with Crippen LogP contribution < -0.4 is 15.4 Å². The number of halogens is 1. The molecule has 0 aliphatic carbocycles. The molecule has 4 aromatic heterocycles. The number of fused-ring (bicyclic) bond motifs is 4. The van der Waals surface area contributed by atoms with E-state index >= 15 is 4.39 Å². The number of imidazole rings is 1. The van der Waals surface area contributed by atoms with Crippen LogP contribution in [0.5, 0.6) is 5.75 Å². The summed E-state index contributed by atoms with van der Waals surface area (Å²) in [5, 5.41) is 15.0. The van der Waals surface area contributed by atoms with Gasteiger partial charge in [0.15, 0.2) is 18.2 Å². The molecule has 1 amide bonds. The molecule has 1 aliphatic heterocycles. The summed E-state index contributed by atoms with van der Waals surface area (Å²) in [6.45, 7) is 13.3. The van der Waals surface area contributed by atoms with E-state index < -0.39 is 5.82 Å². The zero-order valence-corrected chi connectivity index (χ0v) is 36.2. The molecule has 0 unspecified atom stereocenters. The van der Waals surface area contributed by atoms with E-state index in [1.807, 2.05) is 25.4 Å². The number of hydrogen-bond donors (Lipinski definition) is 2. The quantitative estimate of drug-likeness (QED) is 0.0875. The average Bonchev–Trinajstić information content (AvgIpc) is 4.09. The van der Waals surface area contributed by atoms with Gasteiger partial charge in [-0.25, -0.2) is 14.4 Å². The molecule has 4 aromatic carbocycles. The third kappa shape index (κ3) is 8.86. The molecule has 62 heavy (non-hydrogen) atoms. The van der Waals surface area contributed by atoms with Crippen LogP contribution in [0.4, 0.5) is 4.39 Å². The summed E-state index contributed by atoms with van der Waals surface area (Å²) in [6, 6.07) is 24.4. The van der Waals surface area contributed by atoms with Gasteiger partial charge in [0.05, 0.1) is 41.1 Å². The Bertz CT molecular complexity index is 2820. The molecule has 8 aromatic rings. The van der Waals surface area contributed by atoms with Gasteiger partial charge >= 0.3 is 0 Å². The lowest BCUT2D eigenvalue weighted by Gasteiger charge is -2.27. The highest BCUT2D eigenvalue weighted by atomic mass is 32.1. The van der Waals surface area contributed by atoms with Crippen LogP contribution in [0.1, 0.15) is 35.3 Å². The summed E-state index contributed by atoms with van der Waals surface area (Å²) in [6.07, 6.45) is 1.22. The number of hydrogen-bond acceptors (Lipinski definition) is 10. The summed E-state index contributed by atoms with van der Waals surface area (Å²) < 4.78 is 36.6. The number of aryl methyl sites for hydroxylation is 5. The predicted octanol–water partition coefficient (Wildman–Crippen LogP) is 8.10. The Hall–Kier alpha value is -5.93. The van der Waals surface area contributed by atoms with Crippen LogP contribution in [0.3, 0.4) is 0 Å². The first-order chi connectivity index (χ1) is 30.3. The Kier molecular flexibility index (Phi) is 12.4. The van der Waals surface area contributed by atoms with Crippen molar-refractivity contribution in [3.63, 3.8) is 0 Å². The first-order valence-corrected chi connectivity index (χ1v) is 22.3. The third-order valence-corrected chi connectivity index (χ3v) is 12.4. The van der Waals surface area contributed by atoms with E-state index in [1.54, 1.807) is 17.4 Å².